The summed E-state index contributed by atoms with van der Waals surface area (Å²) in [6, 6.07) is 0. The first-order chi connectivity index (χ1) is 5.77. The predicted molar refractivity (Wildman–Crippen MR) is 57.5 cm³/mol. The molecule has 3 N–H and O–H groups in total. The third kappa shape index (κ3) is 3.28. The Morgan fingerprint density at radius 1 is 1.31 bits per heavy atom. The fourth-order valence-electron chi connectivity index (χ4n) is 1.42. The normalized spacial score (nSPS) is 19.6. The SMILES string of the molecule is CCC(C)CC(O)(CN)C(C)(C)C. The summed E-state index contributed by atoms with van der Waals surface area (Å²) in [6.07, 6.45) is 1.89. The Bertz CT molecular complexity index is 151. The molecule has 0 rings (SSSR count). The molecule has 0 heterocycles. The highest BCUT2D eigenvalue weighted by molar-refractivity contribution is 4.92. The van der Waals surface area contributed by atoms with Crippen molar-refractivity contribution in [3.05, 3.63) is 0 Å². The van der Waals surface area contributed by atoms with Gasteiger partial charge in [-0.1, -0.05) is 41.0 Å². The zero-order chi connectivity index (χ0) is 10.7. The lowest BCUT2D eigenvalue weighted by molar-refractivity contribution is -0.0664. The minimum atomic E-state index is -0.720. The second-order valence-electron chi connectivity index (χ2n) is 5.20. The number of nitrogens with two attached hydrogens (primary N) is 1. The third-order valence-corrected chi connectivity index (χ3v) is 3.12. The molecule has 2 atom stereocenters. The molecule has 2 heteroatoms. The molecule has 0 aromatic heterocycles. The minimum Gasteiger partial charge on any atom is -0.388 e. The molecule has 0 saturated carbocycles. The van der Waals surface area contributed by atoms with Crippen LogP contribution in [0.5, 0.6) is 0 Å². The van der Waals surface area contributed by atoms with Gasteiger partial charge in [0.15, 0.2) is 0 Å². The zero-order valence-corrected chi connectivity index (χ0v) is 9.72. The van der Waals surface area contributed by atoms with Crippen LogP contribution in [0.15, 0.2) is 0 Å². The van der Waals surface area contributed by atoms with Gasteiger partial charge in [-0.3, -0.25) is 0 Å². The van der Waals surface area contributed by atoms with Gasteiger partial charge in [-0.05, 0) is 17.8 Å². The lowest BCUT2D eigenvalue weighted by Crippen LogP contribution is -2.50. The van der Waals surface area contributed by atoms with E-state index in [1.807, 2.05) is 20.8 Å². The highest BCUT2D eigenvalue weighted by Crippen LogP contribution is 2.35. The van der Waals surface area contributed by atoms with E-state index in [0.717, 1.165) is 12.8 Å². The summed E-state index contributed by atoms with van der Waals surface area (Å²) in [4.78, 5) is 0. The zero-order valence-electron chi connectivity index (χ0n) is 9.72. The molecule has 0 amide bonds. The van der Waals surface area contributed by atoms with Crippen molar-refractivity contribution >= 4 is 0 Å². The summed E-state index contributed by atoms with van der Waals surface area (Å²) in [5, 5.41) is 10.3. The van der Waals surface area contributed by atoms with Gasteiger partial charge in [0.2, 0.25) is 0 Å². The molecule has 0 aliphatic rings. The Labute approximate surface area is 82.5 Å². The van der Waals surface area contributed by atoms with Crippen molar-refractivity contribution in [3.8, 4) is 0 Å². The maximum Gasteiger partial charge on any atom is 0.0819 e. The number of hydrogen-bond donors (Lipinski definition) is 2. The summed E-state index contributed by atoms with van der Waals surface area (Å²) in [5.41, 5.74) is 4.79. The third-order valence-electron chi connectivity index (χ3n) is 3.12. The van der Waals surface area contributed by atoms with Crippen LogP contribution < -0.4 is 5.73 Å². The summed E-state index contributed by atoms with van der Waals surface area (Å²) in [6.45, 7) is 10.8. The van der Waals surface area contributed by atoms with Gasteiger partial charge in [0.25, 0.3) is 0 Å². The Morgan fingerprint density at radius 2 is 1.77 bits per heavy atom. The van der Waals surface area contributed by atoms with Crippen molar-refractivity contribution in [1.82, 2.24) is 0 Å². The van der Waals surface area contributed by atoms with E-state index in [4.69, 9.17) is 5.73 Å². The van der Waals surface area contributed by atoms with E-state index in [1.165, 1.54) is 0 Å². The average molecular weight is 187 g/mol. The number of aliphatic hydroxyl groups is 1. The minimum absolute atomic E-state index is 0.134. The van der Waals surface area contributed by atoms with Gasteiger partial charge in [0, 0.05) is 6.54 Å². The smallest absolute Gasteiger partial charge is 0.0819 e. The quantitative estimate of drug-likeness (QED) is 0.708. The molecular formula is C11H25NO. The summed E-state index contributed by atoms with van der Waals surface area (Å²) >= 11 is 0. The lowest BCUT2D eigenvalue weighted by atomic mass is 9.71. The van der Waals surface area contributed by atoms with Crippen molar-refractivity contribution in [3.63, 3.8) is 0 Å². The summed E-state index contributed by atoms with van der Waals surface area (Å²) in [7, 11) is 0. The van der Waals surface area contributed by atoms with E-state index >= 15 is 0 Å². The maximum atomic E-state index is 10.3. The van der Waals surface area contributed by atoms with Gasteiger partial charge < -0.3 is 10.8 Å². The fraction of sp³-hybridized carbons (Fsp3) is 1.00. The van der Waals surface area contributed by atoms with Crippen LogP contribution in [0.2, 0.25) is 0 Å². The largest absolute Gasteiger partial charge is 0.388 e. The van der Waals surface area contributed by atoms with Gasteiger partial charge in [0.1, 0.15) is 0 Å². The van der Waals surface area contributed by atoms with E-state index < -0.39 is 5.60 Å². The highest BCUT2D eigenvalue weighted by Gasteiger charge is 2.39. The van der Waals surface area contributed by atoms with Crippen LogP contribution in [0.3, 0.4) is 0 Å². The molecule has 0 aliphatic heterocycles. The van der Waals surface area contributed by atoms with Crippen LogP contribution in [0.4, 0.5) is 0 Å². The van der Waals surface area contributed by atoms with Gasteiger partial charge in [-0.25, -0.2) is 0 Å². The lowest BCUT2D eigenvalue weighted by Gasteiger charge is -2.41. The fourth-order valence-corrected chi connectivity index (χ4v) is 1.42. The van der Waals surface area contributed by atoms with Crippen LogP contribution in [0.1, 0.15) is 47.5 Å². The molecule has 80 valence electrons. The molecular weight excluding hydrogens is 162 g/mol. The van der Waals surface area contributed by atoms with Crippen molar-refractivity contribution in [1.29, 1.82) is 0 Å². The Kier molecular flexibility index (Phi) is 4.40. The Morgan fingerprint density at radius 3 is 2.00 bits per heavy atom. The molecule has 0 aromatic rings. The number of hydrogen-bond acceptors (Lipinski definition) is 2. The van der Waals surface area contributed by atoms with Crippen LogP contribution in [-0.2, 0) is 0 Å². The first-order valence-electron chi connectivity index (χ1n) is 5.19. The summed E-state index contributed by atoms with van der Waals surface area (Å²) in [5.74, 6) is 0.535. The van der Waals surface area contributed by atoms with Crippen molar-refractivity contribution in [2.45, 2.75) is 53.1 Å². The molecule has 2 nitrogen and oxygen atoms in total. The van der Waals surface area contributed by atoms with Gasteiger partial charge >= 0.3 is 0 Å². The van der Waals surface area contributed by atoms with Gasteiger partial charge in [-0.2, -0.15) is 0 Å². The average Bonchev–Trinajstić information content (AvgIpc) is 2.02. The topological polar surface area (TPSA) is 46.2 Å². The maximum absolute atomic E-state index is 10.3. The van der Waals surface area contributed by atoms with E-state index in [1.54, 1.807) is 0 Å². The molecule has 0 radical (unpaired) electrons. The standard InChI is InChI=1S/C11H25NO/c1-6-9(2)7-11(13,8-12)10(3,4)5/h9,13H,6-8,12H2,1-5H3. The van der Waals surface area contributed by atoms with E-state index in [0.29, 0.717) is 12.5 Å². The number of rotatable bonds is 4. The van der Waals surface area contributed by atoms with Crippen LogP contribution in [-0.4, -0.2) is 17.3 Å². The summed E-state index contributed by atoms with van der Waals surface area (Å²) < 4.78 is 0. The van der Waals surface area contributed by atoms with Crippen molar-refractivity contribution in [2.24, 2.45) is 17.1 Å². The van der Waals surface area contributed by atoms with Crippen LogP contribution in [0, 0.1) is 11.3 Å². The van der Waals surface area contributed by atoms with Gasteiger partial charge in [-0.15, -0.1) is 0 Å². The predicted octanol–water partition coefficient (Wildman–Crippen LogP) is 2.16. The second kappa shape index (κ2) is 4.43. The molecule has 0 spiro atoms. The van der Waals surface area contributed by atoms with Crippen LogP contribution >= 0.6 is 0 Å². The first-order valence-corrected chi connectivity index (χ1v) is 5.19. The van der Waals surface area contributed by atoms with E-state index in [2.05, 4.69) is 13.8 Å². The second-order valence-corrected chi connectivity index (χ2v) is 5.20. The van der Waals surface area contributed by atoms with Crippen LogP contribution in [0.25, 0.3) is 0 Å². The monoisotopic (exact) mass is 187 g/mol. The molecule has 0 aliphatic carbocycles. The van der Waals surface area contributed by atoms with E-state index in [-0.39, 0.29) is 5.41 Å². The molecule has 0 saturated heterocycles. The Hall–Kier alpha value is -0.0800. The first kappa shape index (κ1) is 12.9. The molecule has 0 bridgehead atoms. The molecule has 0 aromatic carbocycles. The molecule has 13 heavy (non-hydrogen) atoms. The highest BCUT2D eigenvalue weighted by atomic mass is 16.3. The Balaban J connectivity index is 4.46. The van der Waals surface area contributed by atoms with Crippen molar-refractivity contribution in [2.75, 3.05) is 6.54 Å². The van der Waals surface area contributed by atoms with Gasteiger partial charge in [0.05, 0.1) is 5.60 Å². The van der Waals surface area contributed by atoms with Crippen molar-refractivity contribution < 1.29 is 5.11 Å². The van der Waals surface area contributed by atoms with E-state index in [9.17, 15) is 5.11 Å². The molecule has 2 unspecified atom stereocenters. The molecule has 0 fully saturated rings.